The molecule has 0 amide bonds. The molecular formula is C24H20N8. The Kier molecular flexibility index (Phi) is 4.84. The van der Waals surface area contributed by atoms with Crippen LogP contribution in [0.4, 0.5) is 5.69 Å². The number of nitrogens with zero attached hydrogens (tertiary/aromatic N) is 7. The molecule has 0 atom stereocenters. The number of fused-ring (bicyclic) bond motifs is 1. The van der Waals surface area contributed by atoms with Crippen LogP contribution in [0.5, 0.6) is 0 Å². The van der Waals surface area contributed by atoms with E-state index in [1.165, 1.54) is 0 Å². The molecule has 0 aliphatic heterocycles. The van der Waals surface area contributed by atoms with Gasteiger partial charge in [0.25, 0.3) is 0 Å². The number of imidazole rings is 1. The summed E-state index contributed by atoms with van der Waals surface area (Å²) in [5.74, 6) is 0. The second kappa shape index (κ2) is 7.96. The number of pyridine rings is 2. The lowest BCUT2D eigenvalue weighted by molar-refractivity contribution is 0.768. The van der Waals surface area contributed by atoms with Crippen molar-refractivity contribution in [3.05, 3.63) is 73.2 Å². The zero-order chi connectivity index (χ0) is 22.1. The van der Waals surface area contributed by atoms with Gasteiger partial charge in [-0.25, -0.2) is 4.98 Å². The van der Waals surface area contributed by atoms with E-state index < -0.39 is 0 Å². The van der Waals surface area contributed by atoms with Crippen LogP contribution in [0.2, 0.25) is 0 Å². The van der Waals surface area contributed by atoms with E-state index in [9.17, 15) is 5.26 Å². The summed E-state index contributed by atoms with van der Waals surface area (Å²) in [7, 11) is 1.88. The van der Waals surface area contributed by atoms with Crippen molar-refractivity contribution in [2.75, 3.05) is 11.9 Å². The molecule has 0 radical (unpaired) electrons. The quantitative estimate of drug-likeness (QED) is 0.458. The molecule has 156 valence electrons. The van der Waals surface area contributed by atoms with Gasteiger partial charge in [0.1, 0.15) is 6.07 Å². The van der Waals surface area contributed by atoms with Gasteiger partial charge in [0.2, 0.25) is 0 Å². The van der Waals surface area contributed by atoms with Crippen LogP contribution in [0.1, 0.15) is 12.5 Å². The Morgan fingerprint density at radius 1 is 1.03 bits per heavy atom. The van der Waals surface area contributed by atoms with Crippen LogP contribution in [-0.4, -0.2) is 35.8 Å². The topological polar surface area (TPSA) is 97.2 Å². The van der Waals surface area contributed by atoms with Gasteiger partial charge in [0, 0.05) is 54.9 Å². The van der Waals surface area contributed by atoms with Crippen molar-refractivity contribution >= 4 is 16.6 Å². The number of benzene rings is 1. The second-order valence-corrected chi connectivity index (χ2v) is 7.36. The second-order valence-electron chi connectivity index (χ2n) is 7.36. The average Bonchev–Trinajstić information content (AvgIpc) is 3.48. The Balaban J connectivity index is 1.62. The molecule has 8 nitrogen and oxygen atoms in total. The number of nitrogens with one attached hydrogen (secondary N) is 1. The van der Waals surface area contributed by atoms with Gasteiger partial charge in [-0.1, -0.05) is 6.07 Å². The molecule has 32 heavy (non-hydrogen) atoms. The fraction of sp³-hybridized carbons (Fsp3) is 0.125. The molecule has 0 bridgehead atoms. The molecule has 5 aromatic rings. The third-order valence-corrected chi connectivity index (χ3v) is 5.28. The van der Waals surface area contributed by atoms with Crippen LogP contribution in [0.25, 0.3) is 39.1 Å². The van der Waals surface area contributed by atoms with E-state index in [1.807, 2.05) is 61.3 Å². The Morgan fingerprint density at radius 3 is 2.69 bits per heavy atom. The Labute approximate surface area is 184 Å². The molecule has 0 spiro atoms. The first-order valence-electron chi connectivity index (χ1n) is 10.2. The van der Waals surface area contributed by atoms with Gasteiger partial charge in [-0.2, -0.15) is 10.4 Å². The van der Waals surface area contributed by atoms with Crippen LogP contribution in [0, 0.1) is 11.3 Å². The van der Waals surface area contributed by atoms with E-state index in [0.29, 0.717) is 5.56 Å². The lowest BCUT2D eigenvalue weighted by Gasteiger charge is -2.12. The lowest BCUT2D eigenvalue weighted by Crippen LogP contribution is -2.00. The van der Waals surface area contributed by atoms with Crippen molar-refractivity contribution in [3.63, 3.8) is 0 Å². The minimum atomic E-state index is 0.603. The van der Waals surface area contributed by atoms with Crippen molar-refractivity contribution in [1.29, 1.82) is 5.26 Å². The first kappa shape index (κ1) is 19.5. The molecule has 8 heteroatoms. The van der Waals surface area contributed by atoms with Crippen molar-refractivity contribution < 1.29 is 0 Å². The van der Waals surface area contributed by atoms with Gasteiger partial charge < -0.3 is 9.88 Å². The highest BCUT2D eigenvalue weighted by molar-refractivity contribution is 5.96. The number of aryl methyl sites for hydroxylation is 1. The molecule has 0 saturated heterocycles. The molecule has 0 unspecified atom stereocenters. The number of hydrogen-bond acceptors (Lipinski definition) is 6. The van der Waals surface area contributed by atoms with Crippen molar-refractivity contribution in [2.24, 2.45) is 7.05 Å². The third-order valence-electron chi connectivity index (χ3n) is 5.28. The molecule has 4 heterocycles. The third kappa shape index (κ3) is 3.36. The Bertz CT molecular complexity index is 1470. The zero-order valence-electron chi connectivity index (χ0n) is 17.7. The fourth-order valence-corrected chi connectivity index (χ4v) is 3.78. The summed E-state index contributed by atoms with van der Waals surface area (Å²) in [5, 5.41) is 17.8. The van der Waals surface area contributed by atoms with Gasteiger partial charge in [0.05, 0.1) is 46.4 Å². The maximum Gasteiger partial charge on any atom is 0.101 e. The number of aromatic nitrogens is 6. The fourth-order valence-electron chi connectivity index (χ4n) is 3.78. The van der Waals surface area contributed by atoms with E-state index in [0.717, 1.165) is 51.3 Å². The molecule has 1 aromatic carbocycles. The predicted octanol–water partition coefficient (Wildman–Crippen LogP) is 4.19. The average molecular weight is 420 g/mol. The Hall–Kier alpha value is -4.51. The highest BCUT2D eigenvalue weighted by Gasteiger charge is 2.14. The van der Waals surface area contributed by atoms with E-state index in [4.69, 9.17) is 0 Å². The van der Waals surface area contributed by atoms with Crippen LogP contribution in [0.3, 0.4) is 0 Å². The van der Waals surface area contributed by atoms with E-state index in [1.54, 1.807) is 29.6 Å². The SMILES string of the molecule is CCNc1cc(-c2nccc3c(-n4cnc(-c5cnn(C)c5)c4)ccnc23)ccc1C#N. The van der Waals surface area contributed by atoms with Gasteiger partial charge in [-0.3, -0.25) is 14.6 Å². The molecule has 5 rings (SSSR count). The normalized spacial score (nSPS) is 10.9. The number of anilines is 1. The van der Waals surface area contributed by atoms with Gasteiger partial charge in [0.15, 0.2) is 0 Å². The van der Waals surface area contributed by atoms with Gasteiger partial charge in [-0.05, 0) is 31.2 Å². The molecule has 4 aromatic heterocycles. The molecular weight excluding hydrogens is 400 g/mol. The maximum absolute atomic E-state index is 9.39. The predicted molar refractivity (Wildman–Crippen MR) is 123 cm³/mol. The summed E-state index contributed by atoms with van der Waals surface area (Å²) in [6.07, 6.45) is 11.1. The molecule has 0 aliphatic carbocycles. The van der Waals surface area contributed by atoms with Crippen molar-refractivity contribution in [2.45, 2.75) is 6.92 Å². The minimum Gasteiger partial charge on any atom is -0.384 e. The first-order valence-corrected chi connectivity index (χ1v) is 10.2. The summed E-state index contributed by atoms with van der Waals surface area (Å²) < 4.78 is 3.74. The smallest absolute Gasteiger partial charge is 0.101 e. The maximum atomic E-state index is 9.39. The minimum absolute atomic E-state index is 0.603. The van der Waals surface area contributed by atoms with Crippen LogP contribution < -0.4 is 5.32 Å². The Morgan fingerprint density at radius 2 is 1.91 bits per heavy atom. The van der Waals surface area contributed by atoms with E-state index in [2.05, 4.69) is 31.4 Å². The van der Waals surface area contributed by atoms with Crippen molar-refractivity contribution in [3.8, 4) is 34.3 Å². The lowest BCUT2D eigenvalue weighted by atomic mass is 10.0. The van der Waals surface area contributed by atoms with E-state index in [-0.39, 0.29) is 0 Å². The zero-order valence-corrected chi connectivity index (χ0v) is 17.7. The van der Waals surface area contributed by atoms with E-state index >= 15 is 0 Å². The summed E-state index contributed by atoms with van der Waals surface area (Å²) in [5.41, 5.74) is 6.61. The number of hydrogen-bond donors (Lipinski definition) is 1. The highest BCUT2D eigenvalue weighted by atomic mass is 15.2. The molecule has 0 fully saturated rings. The largest absolute Gasteiger partial charge is 0.384 e. The monoisotopic (exact) mass is 420 g/mol. The summed E-state index contributed by atoms with van der Waals surface area (Å²) >= 11 is 0. The van der Waals surface area contributed by atoms with Crippen molar-refractivity contribution in [1.82, 2.24) is 29.3 Å². The summed E-state index contributed by atoms with van der Waals surface area (Å²) in [6.45, 7) is 2.73. The molecule has 0 aliphatic rings. The number of nitriles is 1. The number of rotatable bonds is 5. The van der Waals surface area contributed by atoms with Crippen LogP contribution in [0.15, 0.2) is 67.6 Å². The first-order chi connectivity index (χ1) is 15.7. The standard InChI is InChI=1S/C24H20N8/c1-3-26-20-10-16(4-5-17(20)11-25)23-24-19(6-8-27-23)22(7-9-28-24)32-14-21(29-15-32)18-12-30-31(2)13-18/h4-10,12-15,26H,3H2,1-2H3. The van der Waals surface area contributed by atoms with Gasteiger partial charge in [-0.15, -0.1) is 0 Å². The summed E-state index contributed by atoms with van der Waals surface area (Å²) in [4.78, 5) is 13.8. The van der Waals surface area contributed by atoms with Crippen LogP contribution >= 0.6 is 0 Å². The highest BCUT2D eigenvalue weighted by Crippen LogP contribution is 2.31. The molecule has 0 saturated carbocycles. The summed E-state index contributed by atoms with van der Waals surface area (Å²) in [6, 6.07) is 11.8. The van der Waals surface area contributed by atoms with Crippen LogP contribution in [-0.2, 0) is 7.05 Å². The molecule has 1 N–H and O–H groups in total. The van der Waals surface area contributed by atoms with Gasteiger partial charge >= 0.3 is 0 Å².